The van der Waals surface area contributed by atoms with E-state index in [1.54, 1.807) is 0 Å². The number of hydrogen-bond acceptors (Lipinski definition) is 4. The molecule has 5 nitrogen and oxygen atoms in total. The lowest BCUT2D eigenvalue weighted by molar-refractivity contribution is -0.137. The van der Waals surface area contributed by atoms with Gasteiger partial charge in [-0.05, 0) is 18.2 Å². The van der Waals surface area contributed by atoms with E-state index in [4.69, 9.17) is 11.5 Å². The number of hydrogen-bond donors (Lipinski definition) is 2. The summed E-state index contributed by atoms with van der Waals surface area (Å²) >= 11 is 0. The SMILES string of the molecule is NC(=O)c1cnc(-c2cc(F)ccc2C(F)(F)F)nc1N. The van der Waals surface area contributed by atoms with Crippen LogP contribution in [0.1, 0.15) is 15.9 Å². The maximum atomic E-state index is 13.2. The highest BCUT2D eigenvalue weighted by atomic mass is 19.4. The molecule has 21 heavy (non-hydrogen) atoms. The van der Waals surface area contributed by atoms with Gasteiger partial charge >= 0.3 is 6.18 Å². The number of amides is 1. The summed E-state index contributed by atoms with van der Waals surface area (Å²) < 4.78 is 51.9. The zero-order chi connectivity index (χ0) is 15.8. The first-order valence-corrected chi connectivity index (χ1v) is 5.49. The fraction of sp³-hybridized carbons (Fsp3) is 0.0833. The summed E-state index contributed by atoms with van der Waals surface area (Å²) in [6.07, 6.45) is -3.82. The molecule has 0 atom stereocenters. The van der Waals surface area contributed by atoms with Gasteiger partial charge in [-0.1, -0.05) is 0 Å². The van der Waals surface area contributed by atoms with Crippen molar-refractivity contribution in [1.82, 2.24) is 9.97 Å². The molecule has 0 aliphatic rings. The third-order valence-corrected chi connectivity index (χ3v) is 2.61. The Bertz CT molecular complexity index is 715. The minimum Gasteiger partial charge on any atom is -0.383 e. The number of nitrogen functional groups attached to an aromatic ring is 1. The summed E-state index contributed by atoms with van der Waals surface area (Å²) in [5, 5.41) is 0. The Labute approximate surface area is 115 Å². The van der Waals surface area contributed by atoms with Gasteiger partial charge in [-0.2, -0.15) is 13.2 Å². The molecule has 9 heteroatoms. The molecule has 0 fully saturated rings. The largest absolute Gasteiger partial charge is 0.417 e. The Kier molecular flexibility index (Phi) is 3.50. The molecule has 0 bridgehead atoms. The third kappa shape index (κ3) is 2.91. The number of carbonyl (C=O) groups is 1. The summed E-state index contributed by atoms with van der Waals surface area (Å²) in [6, 6.07) is 1.89. The van der Waals surface area contributed by atoms with Gasteiger partial charge in [0.25, 0.3) is 5.91 Å². The van der Waals surface area contributed by atoms with Gasteiger partial charge in [-0.15, -0.1) is 0 Å². The van der Waals surface area contributed by atoms with Crippen molar-refractivity contribution < 1.29 is 22.4 Å². The lowest BCUT2D eigenvalue weighted by atomic mass is 10.1. The molecule has 1 amide bonds. The molecular formula is C12H8F4N4O. The van der Waals surface area contributed by atoms with Crippen LogP contribution in [0, 0.1) is 5.82 Å². The number of anilines is 1. The summed E-state index contributed by atoms with van der Waals surface area (Å²) in [5.74, 6) is -2.65. The maximum absolute atomic E-state index is 13.2. The van der Waals surface area contributed by atoms with Gasteiger partial charge < -0.3 is 11.5 Å². The van der Waals surface area contributed by atoms with Gasteiger partial charge in [0.2, 0.25) is 0 Å². The lowest BCUT2D eigenvalue weighted by Crippen LogP contribution is -2.16. The van der Waals surface area contributed by atoms with E-state index in [2.05, 4.69) is 9.97 Å². The van der Waals surface area contributed by atoms with Crippen LogP contribution in [0.4, 0.5) is 23.4 Å². The second kappa shape index (κ2) is 5.00. The molecule has 0 aliphatic heterocycles. The Hall–Kier alpha value is -2.71. The minimum atomic E-state index is -4.72. The second-order valence-corrected chi connectivity index (χ2v) is 4.04. The van der Waals surface area contributed by atoms with Crippen molar-refractivity contribution in [3.63, 3.8) is 0 Å². The number of rotatable bonds is 2. The zero-order valence-corrected chi connectivity index (χ0v) is 10.3. The first-order valence-electron chi connectivity index (χ1n) is 5.49. The molecule has 0 radical (unpaired) electrons. The first kappa shape index (κ1) is 14.7. The van der Waals surface area contributed by atoms with Crippen LogP contribution >= 0.6 is 0 Å². The van der Waals surface area contributed by atoms with Gasteiger partial charge in [0, 0.05) is 11.8 Å². The molecule has 1 heterocycles. The summed E-state index contributed by atoms with van der Waals surface area (Å²) in [6.45, 7) is 0. The molecule has 4 N–H and O–H groups in total. The smallest absolute Gasteiger partial charge is 0.383 e. The Morgan fingerprint density at radius 1 is 1.24 bits per heavy atom. The number of primary amides is 1. The number of nitrogens with zero attached hydrogens (tertiary/aromatic N) is 2. The number of alkyl halides is 3. The predicted octanol–water partition coefficient (Wildman–Crippen LogP) is 1.98. The van der Waals surface area contributed by atoms with Crippen molar-refractivity contribution in [1.29, 1.82) is 0 Å². The topological polar surface area (TPSA) is 94.9 Å². The van der Waals surface area contributed by atoms with Crippen molar-refractivity contribution in [3.05, 3.63) is 41.3 Å². The Morgan fingerprint density at radius 2 is 1.90 bits per heavy atom. The number of benzene rings is 1. The molecule has 110 valence electrons. The normalized spacial score (nSPS) is 11.4. The van der Waals surface area contributed by atoms with E-state index in [0.717, 1.165) is 6.20 Å². The zero-order valence-electron chi connectivity index (χ0n) is 10.3. The van der Waals surface area contributed by atoms with Gasteiger partial charge in [-0.25, -0.2) is 14.4 Å². The van der Waals surface area contributed by atoms with Crippen LogP contribution in [0.25, 0.3) is 11.4 Å². The van der Waals surface area contributed by atoms with Gasteiger partial charge in [-0.3, -0.25) is 4.79 Å². The van der Waals surface area contributed by atoms with Crippen LogP contribution in [0.3, 0.4) is 0 Å². The van der Waals surface area contributed by atoms with E-state index in [1.165, 1.54) is 0 Å². The van der Waals surface area contributed by atoms with Crippen molar-refractivity contribution in [3.8, 4) is 11.4 Å². The third-order valence-electron chi connectivity index (χ3n) is 2.61. The van der Waals surface area contributed by atoms with Crippen LogP contribution < -0.4 is 11.5 Å². The fourth-order valence-corrected chi connectivity index (χ4v) is 1.66. The van der Waals surface area contributed by atoms with Gasteiger partial charge in [0.1, 0.15) is 11.6 Å². The lowest BCUT2D eigenvalue weighted by Gasteiger charge is -2.12. The summed E-state index contributed by atoms with van der Waals surface area (Å²) in [4.78, 5) is 18.1. The summed E-state index contributed by atoms with van der Waals surface area (Å²) in [7, 11) is 0. The van der Waals surface area contributed by atoms with Crippen molar-refractivity contribution in [2.24, 2.45) is 5.73 Å². The number of nitrogens with two attached hydrogens (primary N) is 2. The van der Waals surface area contributed by atoms with Gasteiger partial charge in [0.05, 0.1) is 11.1 Å². The molecule has 2 aromatic rings. The molecular weight excluding hydrogens is 292 g/mol. The Morgan fingerprint density at radius 3 is 2.43 bits per heavy atom. The molecule has 0 spiro atoms. The standard InChI is InChI=1S/C12H8F4N4O/c13-5-1-2-8(12(14,15)16)6(3-5)11-19-4-7(10(18)21)9(17)20-11/h1-4H,(H2,18,21)(H2,17,19,20). The van der Waals surface area contributed by atoms with Crippen LogP contribution in [0.15, 0.2) is 24.4 Å². The van der Waals surface area contributed by atoms with E-state index >= 15 is 0 Å². The molecule has 2 rings (SSSR count). The first-order chi connectivity index (χ1) is 9.70. The van der Waals surface area contributed by atoms with Crippen LogP contribution in [0.5, 0.6) is 0 Å². The van der Waals surface area contributed by atoms with E-state index in [1.807, 2.05) is 0 Å². The highest BCUT2D eigenvalue weighted by Gasteiger charge is 2.34. The van der Waals surface area contributed by atoms with Crippen molar-refractivity contribution in [2.75, 3.05) is 5.73 Å². The monoisotopic (exact) mass is 300 g/mol. The molecule has 0 unspecified atom stereocenters. The number of halogens is 4. The number of aromatic nitrogens is 2. The van der Waals surface area contributed by atoms with Crippen LogP contribution in [-0.4, -0.2) is 15.9 Å². The highest BCUT2D eigenvalue weighted by Crippen LogP contribution is 2.36. The quantitative estimate of drug-likeness (QED) is 0.829. The summed E-state index contributed by atoms with van der Waals surface area (Å²) in [5.41, 5.74) is 8.49. The average Bonchev–Trinajstić information content (AvgIpc) is 2.36. The van der Waals surface area contributed by atoms with Crippen LogP contribution in [0.2, 0.25) is 0 Å². The molecule has 0 saturated heterocycles. The van der Waals surface area contributed by atoms with E-state index in [9.17, 15) is 22.4 Å². The Balaban J connectivity index is 2.64. The van der Waals surface area contributed by atoms with E-state index in [0.29, 0.717) is 18.2 Å². The van der Waals surface area contributed by atoms with E-state index < -0.39 is 34.9 Å². The maximum Gasteiger partial charge on any atom is 0.417 e. The average molecular weight is 300 g/mol. The van der Waals surface area contributed by atoms with Crippen molar-refractivity contribution >= 4 is 11.7 Å². The number of carbonyl (C=O) groups excluding carboxylic acids is 1. The minimum absolute atomic E-state index is 0.233. The van der Waals surface area contributed by atoms with Gasteiger partial charge in [0.15, 0.2) is 5.82 Å². The predicted molar refractivity (Wildman–Crippen MR) is 65.4 cm³/mol. The second-order valence-electron chi connectivity index (χ2n) is 4.04. The van der Waals surface area contributed by atoms with Crippen molar-refractivity contribution in [2.45, 2.75) is 6.18 Å². The van der Waals surface area contributed by atoms with E-state index in [-0.39, 0.29) is 11.4 Å². The molecule has 0 saturated carbocycles. The van der Waals surface area contributed by atoms with Crippen LogP contribution in [-0.2, 0) is 6.18 Å². The highest BCUT2D eigenvalue weighted by molar-refractivity contribution is 5.97. The fourth-order valence-electron chi connectivity index (χ4n) is 1.66. The molecule has 0 aliphatic carbocycles. The molecule has 1 aromatic heterocycles. The molecule has 1 aromatic carbocycles.